The Balaban J connectivity index is 2.03. The molecule has 28 heavy (non-hydrogen) atoms. The van der Waals surface area contributed by atoms with Gasteiger partial charge in [0.1, 0.15) is 5.82 Å². The first kappa shape index (κ1) is 21.9. The van der Waals surface area contributed by atoms with E-state index in [9.17, 15) is 9.50 Å². The van der Waals surface area contributed by atoms with Crippen LogP contribution in [0.3, 0.4) is 0 Å². The molecule has 0 aliphatic rings. The highest BCUT2D eigenvalue weighted by Crippen LogP contribution is 2.14. The Morgan fingerprint density at radius 2 is 1.89 bits per heavy atom. The largest absolute Gasteiger partial charge is 0.396 e. The highest BCUT2D eigenvalue weighted by atomic mass is 19.1. The number of halogens is 1. The lowest BCUT2D eigenvalue weighted by Gasteiger charge is -2.18. The maximum Gasteiger partial charge on any atom is 0.191 e. The molecule has 0 radical (unpaired) electrons. The third-order valence-electron chi connectivity index (χ3n) is 4.37. The normalized spacial score (nSPS) is 12.9. The summed E-state index contributed by atoms with van der Waals surface area (Å²) in [6.45, 7) is 4.37. The second-order valence-corrected chi connectivity index (χ2v) is 7.03. The van der Waals surface area contributed by atoms with Crippen molar-refractivity contribution < 1.29 is 9.50 Å². The van der Waals surface area contributed by atoms with Gasteiger partial charge in [0, 0.05) is 31.1 Å². The summed E-state index contributed by atoms with van der Waals surface area (Å²) in [7, 11) is 3.84. The Hall–Kier alpha value is -2.44. The Morgan fingerprint density at radius 1 is 1.14 bits per heavy atom. The van der Waals surface area contributed by atoms with Crippen molar-refractivity contribution in [3.63, 3.8) is 0 Å². The highest BCUT2D eigenvalue weighted by Gasteiger charge is 2.11. The van der Waals surface area contributed by atoms with E-state index in [0.29, 0.717) is 31.2 Å². The number of nitrogens with zero attached hydrogens (tertiary/aromatic N) is 2. The van der Waals surface area contributed by atoms with Gasteiger partial charge in [-0.15, -0.1) is 0 Å². The maximum atomic E-state index is 13.9. The van der Waals surface area contributed by atoms with Gasteiger partial charge in [-0.25, -0.2) is 9.38 Å². The zero-order chi connectivity index (χ0) is 20.4. The van der Waals surface area contributed by atoms with Gasteiger partial charge in [0.05, 0.1) is 13.2 Å². The summed E-state index contributed by atoms with van der Waals surface area (Å²) in [5.74, 6) is 0.470. The maximum absolute atomic E-state index is 13.9. The summed E-state index contributed by atoms with van der Waals surface area (Å²) >= 11 is 0. The van der Waals surface area contributed by atoms with Crippen LogP contribution in [0.15, 0.2) is 53.5 Å². The smallest absolute Gasteiger partial charge is 0.191 e. The average molecular weight is 387 g/mol. The summed E-state index contributed by atoms with van der Waals surface area (Å²) in [5, 5.41) is 16.2. The van der Waals surface area contributed by atoms with Gasteiger partial charge in [-0.2, -0.15) is 0 Å². The number of hydrogen-bond acceptors (Lipinski definition) is 3. The molecular formula is C22H31FN4O. The molecule has 2 aromatic rings. The van der Waals surface area contributed by atoms with E-state index < -0.39 is 0 Å². The number of benzene rings is 2. The van der Waals surface area contributed by atoms with Crippen molar-refractivity contribution in [1.82, 2.24) is 15.5 Å². The van der Waals surface area contributed by atoms with Crippen LogP contribution in [0.1, 0.15) is 29.5 Å². The molecule has 6 heteroatoms. The highest BCUT2D eigenvalue weighted by molar-refractivity contribution is 5.79. The fourth-order valence-electron chi connectivity index (χ4n) is 2.93. The number of nitrogens with one attached hydrogen (secondary N) is 2. The molecule has 152 valence electrons. The zero-order valence-corrected chi connectivity index (χ0v) is 17.0. The van der Waals surface area contributed by atoms with Gasteiger partial charge >= 0.3 is 0 Å². The number of aliphatic imine (C=N–C) groups is 1. The number of rotatable bonds is 9. The van der Waals surface area contributed by atoms with Gasteiger partial charge in [-0.1, -0.05) is 36.4 Å². The molecule has 0 aliphatic heterocycles. The van der Waals surface area contributed by atoms with Crippen molar-refractivity contribution in [2.75, 3.05) is 33.8 Å². The number of guanidine groups is 1. The minimum absolute atomic E-state index is 0.0115. The van der Waals surface area contributed by atoms with E-state index in [2.05, 4.69) is 15.6 Å². The van der Waals surface area contributed by atoms with Gasteiger partial charge in [0.15, 0.2) is 5.96 Å². The van der Waals surface area contributed by atoms with Crippen molar-refractivity contribution in [3.05, 3.63) is 71.0 Å². The number of aliphatic hydroxyl groups is 1. The molecule has 1 atom stereocenters. The van der Waals surface area contributed by atoms with E-state index in [1.54, 1.807) is 6.07 Å². The minimum atomic E-state index is -0.194. The lowest BCUT2D eigenvalue weighted by atomic mass is 10.0. The summed E-state index contributed by atoms with van der Waals surface area (Å²) in [6.07, 6.45) is 0. The molecule has 0 heterocycles. The van der Waals surface area contributed by atoms with Crippen LogP contribution >= 0.6 is 0 Å². The topological polar surface area (TPSA) is 59.9 Å². The molecule has 2 aromatic carbocycles. The van der Waals surface area contributed by atoms with Crippen LogP contribution in [0.4, 0.5) is 4.39 Å². The molecule has 0 aromatic heterocycles. The van der Waals surface area contributed by atoms with Gasteiger partial charge in [-0.3, -0.25) is 0 Å². The van der Waals surface area contributed by atoms with E-state index in [-0.39, 0.29) is 18.3 Å². The first-order valence-electron chi connectivity index (χ1n) is 9.63. The van der Waals surface area contributed by atoms with E-state index in [1.807, 2.05) is 62.3 Å². The van der Waals surface area contributed by atoms with Crippen LogP contribution in [0.25, 0.3) is 0 Å². The quantitative estimate of drug-likeness (QED) is 0.458. The monoisotopic (exact) mass is 386 g/mol. The van der Waals surface area contributed by atoms with Gasteiger partial charge in [0.25, 0.3) is 0 Å². The van der Waals surface area contributed by atoms with E-state index in [0.717, 1.165) is 17.7 Å². The second-order valence-electron chi connectivity index (χ2n) is 7.03. The fourth-order valence-corrected chi connectivity index (χ4v) is 2.93. The van der Waals surface area contributed by atoms with Crippen LogP contribution in [0.2, 0.25) is 0 Å². The van der Waals surface area contributed by atoms with Crippen molar-refractivity contribution >= 4 is 5.96 Å². The Kier molecular flexibility index (Phi) is 8.91. The first-order chi connectivity index (χ1) is 13.5. The third kappa shape index (κ3) is 6.94. The van der Waals surface area contributed by atoms with E-state index in [4.69, 9.17) is 0 Å². The van der Waals surface area contributed by atoms with Crippen molar-refractivity contribution in [1.29, 1.82) is 0 Å². The predicted octanol–water partition coefficient (Wildman–Crippen LogP) is 2.72. The Labute approximate surface area is 167 Å². The summed E-state index contributed by atoms with van der Waals surface area (Å²) in [5.41, 5.74) is 2.71. The molecule has 0 saturated heterocycles. The van der Waals surface area contributed by atoms with Gasteiger partial charge < -0.3 is 20.6 Å². The van der Waals surface area contributed by atoms with Crippen LogP contribution in [-0.4, -0.2) is 49.8 Å². The van der Waals surface area contributed by atoms with Gasteiger partial charge in [-0.05, 0) is 44.3 Å². The van der Waals surface area contributed by atoms with Crippen LogP contribution in [0, 0.1) is 5.82 Å². The Bertz CT molecular complexity index is 749. The Morgan fingerprint density at radius 3 is 2.54 bits per heavy atom. The van der Waals surface area contributed by atoms with Crippen molar-refractivity contribution in [2.45, 2.75) is 25.9 Å². The standard InChI is InChI=1S/C22H31FN4O/c1-4-24-22(26-14-20(16-28)18-8-6-5-7-9-18)25-13-17-10-11-21(23)19(12-17)15-27(2)3/h5-12,20,28H,4,13-16H2,1-3H3,(H2,24,25,26). The fraction of sp³-hybridized carbons (Fsp3) is 0.409. The zero-order valence-electron chi connectivity index (χ0n) is 17.0. The molecule has 0 amide bonds. The predicted molar refractivity (Wildman–Crippen MR) is 113 cm³/mol. The summed E-state index contributed by atoms with van der Waals surface area (Å²) in [6, 6.07) is 15.1. The van der Waals surface area contributed by atoms with E-state index in [1.165, 1.54) is 6.07 Å². The lowest BCUT2D eigenvalue weighted by molar-refractivity contribution is 0.265. The molecule has 5 nitrogen and oxygen atoms in total. The van der Waals surface area contributed by atoms with Crippen molar-refractivity contribution in [3.8, 4) is 0 Å². The molecule has 3 N–H and O–H groups in total. The molecule has 0 fully saturated rings. The van der Waals surface area contributed by atoms with Crippen molar-refractivity contribution in [2.24, 2.45) is 4.99 Å². The van der Waals surface area contributed by atoms with E-state index >= 15 is 0 Å². The number of aliphatic hydroxyl groups excluding tert-OH is 1. The SMILES string of the molecule is CCNC(=NCc1ccc(F)c(CN(C)C)c1)NCC(CO)c1ccccc1. The average Bonchev–Trinajstić information content (AvgIpc) is 2.69. The summed E-state index contributed by atoms with van der Waals surface area (Å²) in [4.78, 5) is 6.55. The van der Waals surface area contributed by atoms with Crippen LogP contribution in [0.5, 0.6) is 0 Å². The molecule has 1 unspecified atom stereocenters. The minimum Gasteiger partial charge on any atom is -0.396 e. The third-order valence-corrected chi connectivity index (χ3v) is 4.37. The molecule has 0 spiro atoms. The summed E-state index contributed by atoms with van der Waals surface area (Å²) < 4.78 is 13.9. The molecule has 0 saturated carbocycles. The molecule has 0 aliphatic carbocycles. The molecular weight excluding hydrogens is 355 g/mol. The first-order valence-corrected chi connectivity index (χ1v) is 9.63. The number of hydrogen-bond donors (Lipinski definition) is 3. The van der Waals surface area contributed by atoms with Gasteiger partial charge in [0.2, 0.25) is 0 Å². The van der Waals surface area contributed by atoms with Crippen LogP contribution < -0.4 is 10.6 Å². The second kappa shape index (κ2) is 11.4. The lowest BCUT2D eigenvalue weighted by Crippen LogP contribution is -2.39. The molecule has 2 rings (SSSR count). The van der Waals surface area contributed by atoms with Crippen LogP contribution in [-0.2, 0) is 13.1 Å². The molecule has 0 bridgehead atoms.